The molecule has 0 spiro atoms. The van der Waals surface area contributed by atoms with Crippen molar-refractivity contribution < 1.29 is 24.2 Å². The Kier molecular flexibility index (Phi) is 5.25. The fourth-order valence-corrected chi connectivity index (χ4v) is 2.64. The van der Waals surface area contributed by atoms with Crippen LogP contribution in [0.25, 0.3) is 0 Å². The first kappa shape index (κ1) is 19.0. The molecule has 0 bridgehead atoms. The Morgan fingerprint density at radius 1 is 1.22 bits per heavy atom. The first-order valence-corrected chi connectivity index (χ1v) is 8.65. The second-order valence-corrected chi connectivity index (χ2v) is 7.38. The van der Waals surface area contributed by atoms with E-state index in [4.69, 9.17) is 9.47 Å². The van der Waals surface area contributed by atoms with Gasteiger partial charge in [-0.05, 0) is 50.6 Å². The molecule has 2 heterocycles. The highest BCUT2D eigenvalue weighted by Gasteiger charge is 2.25. The number of aliphatic hydroxyl groups is 1. The number of aromatic nitrogens is 1. The molecule has 1 unspecified atom stereocenters. The van der Waals surface area contributed by atoms with E-state index in [1.807, 2.05) is 20.8 Å². The van der Waals surface area contributed by atoms with Crippen LogP contribution in [0.3, 0.4) is 0 Å². The van der Waals surface area contributed by atoms with Gasteiger partial charge >= 0.3 is 11.9 Å². The van der Waals surface area contributed by atoms with Gasteiger partial charge in [0, 0.05) is 23.8 Å². The monoisotopic (exact) mass is 370 g/mol. The number of pyridine rings is 1. The number of nitrogens with zero attached hydrogens (tertiary/aromatic N) is 1. The number of cyclic esters (lactones) is 1. The number of hydrogen-bond acceptors (Lipinski definition) is 7. The van der Waals surface area contributed by atoms with Crippen molar-refractivity contribution in [2.24, 2.45) is 0 Å². The van der Waals surface area contributed by atoms with Crippen molar-refractivity contribution in [3.05, 3.63) is 58.9 Å². The molecular weight excluding hydrogens is 348 g/mol. The highest BCUT2D eigenvalue weighted by Crippen LogP contribution is 2.27. The van der Waals surface area contributed by atoms with Gasteiger partial charge in [0.1, 0.15) is 12.4 Å². The lowest BCUT2D eigenvalue weighted by Crippen LogP contribution is -2.38. The third-order valence-corrected chi connectivity index (χ3v) is 4.08. The van der Waals surface area contributed by atoms with Crippen molar-refractivity contribution in [2.75, 3.05) is 6.54 Å². The fourth-order valence-electron chi connectivity index (χ4n) is 2.64. The van der Waals surface area contributed by atoms with Crippen molar-refractivity contribution in [1.82, 2.24) is 10.3 Å². The molecule has 2 aromatic rings. The Hall–Kier alpha value is -2.77. The molecule has 1 atom stereocenters. The molecule has 0 radical (unpaired) electrons. The highest BCUT2D eigenvalue weighted by molar-refractivity contribution is 6.02. The van der Waals surface area contributed by atoms with Gasteiger partial charge in [0.2, 0.25) is 0 Å². The van der Waals surface area contributed by atoms with Crippen LogP contribution < -0.4 is 10.1 Å². The van der Waals surface area contributed by atoms with Crippen LogP contribution in [-0.2, 0) is 11.3 Å². The van der Waals surface area contributed by atoms with E-state index in [1.54, 1.807) is 24.3 Å². The molecule has 1 aliphatic heterocycles. The van der Waals surface area contributed by atoms with Gasteiger partial charge in [0.25, 0.3) is 0 Å². The number of fused-ring (bicyclic) bond motifs is 2. The largest absolute Gasteiger partial charge is 0.457 e. The standard InChI is InChI=1S/C20H22N2O5/c1-20(2,3)22-10-15(23)12-6-7-16-13(9-12)11-26-18(24)14-5-4-8-21-17(14)19(25)27-16/h4-9,15,22-23H,10-11H2,1-3H3. The molecule has 3 rings (SSSR count). The van der Waals surface area contributed by atoms with Crippen molar-refractivity contribution in [3.8, 4) is 5.75 Å². The third kappa shape index (κ3) is 4.50. The van der Waals surface area contributed by atoms with Gasteiger partial charge in [0.05, 0.1) is 11.7 Å². The zero-order valence-electron chi connectivity index (χ0n) is 15.5. The molecular formula is C20H22N2O5. The van der Waals surface area contributed by atoms with Crippen LogP contribution in [0, 0.1) is 0 Å². The first-order chi connectivity index (χ1) is 12.7. The van der Waals surface area contributed by atoms with E-state index in [-0.39, 0.29) is 29.2 Å². The summed E-state index contributed by atoms with van der Waals surface area (Å²) in [6.07, 6.45) is 0.654. The molecule has 2 N–H and O–H groups in total. The molecule has 142 valence electrons. The molecule has 27 heavy (non-hydrogen) atoms. The maximum absolute atomic E-state index is 12.4. The SMILES string of the molecule is CC(C)(C)NCC(O)c1ccc2c(c1)COC(=O)c1cccnc1C(=O)O2. The van der Waals surface area contributed by atoms with Crippen LogP contribution >= 0.6 is 0 Å². The van der Waals surface area contributed by atoms with Crippen LogP contribution in [0.5, 0.6) is 5.75 Å². The number of β-amino-alcohol motifs (C(OH)–C–C–N with tert-alkyl or cyclic N) is 1. The number of aliphatic hydroxyl groups excluding tert-OH is 1. The predicted molar refractivity (Wildman–Crippen MR) is 97.5 cm³/mol. The van der Waals surface area contributed by atoms with Crippen LogP contribution in [-0.4, -0.2) is 34.1 Å². The minimum absolute atomic E-state index is 0.0601. The number of ether oxygens (including phenoxy) is 2. The summed E-state index contributed by atoms with van der Waals surface area (Å²) < 4.78 is 10.7. The minimum Gasteiger partial charge on any atom is -0.457 e. The van der Waals surface area contributed by atoms with E-state index >= 15 is 0 Å². The quantitative estimate of drug-likeness (QED) is 0.632. The summed E-state index contributed by atoms with van der Waals surface area (Å²) in [5, 5.41) is 13.7. The Morgan fingerprint density at radius 2 is 2.00 bits per heavy atom. The summed E-state index contributed by atoms with van der Waals surface area (Å²) in [7, 11) is 0. The topological polar surface area (TPSA) is 97.7 Å². The first-order valence-electron chi connectivity index (χ1n) is 8.65. The van der Waals surface area contributed by atoms with Gasteiger partial charge in [-0.25, -0.2) is 14.6 Å². The second kappa shape index (κ2) is 7.46. The third-order valence-electron chi connectivity index (χ3n) is 4.08. The number of benzene rings is 1. The number of nitrogens with one attached hydrogen (secondary N) is 1. The zero-order valence-corrected chi connectivity index (χ0v) is 15.5. The average molecular weight is 370 g/mol. The fraction of sp³-hybridized carbons (Fsp3) is 0.350. The Morgan fingerprint density at radius 3 is 2.74 bits per heavy atom. The number of carbonyl (C=O) groups excluding carboxylic acids is 2. The summed E-state index contributed by atoms with van der Waals surface area (Å²) >= 11 is 0. The van der Waals surface area contributed by atoms with Gasteiger partial charge in [-0.2, -0.15) is 0 Å². The van der Waals surface area contributed by atoms with Gasteiger partial charge in [-0.3, -0.25) is 0 Å². The number of carbonyl (C=O) groups is 2. The normalized spacial score (nSPS) is 15.4. The van der Waals surface area contributed by atoms with Gasteiger partial charge in [-0.1, -0.05) is 6.07 Å². The van der Waals surface area contributed by atoms with Crippen LogP contribution in [0.15, 0.2) is 36.5 Å². The number of hydrogen-bond donors (Lipinski definition) is 2. The van der Waals surface area contributed by atoms with Crippen LogP contribution in [0.4, 0.5) is 0 Å². The minimum atomic E-state index is -0.757. The second-order valence-electron chi connectivity index (χ2n) is 7.38. The van der Waals surface area contributed by atoms with Crippen molar-refractivity contribution in [1.29, 1.82) is 0 Å². The van der Waals surface area contributed by atoms with Crippen LogP contribution in [0.1, 0.15) is 58.8 Å². The molecule has 1 aromatic heterocycles. The van der Waals surface area contributed by atoms with E-state index < -0.39 is 18.0 Å². The summed E-state index contributed by atoms with van der Waals surface area (Å²) in [6, 6.07) is 7.96. The predicted octanol–water partition coefficient (Wildman–Crippen LogP) is 2.39. The van der Waals surface area contributed by atoms with E-state index in [0.29, 0.717) is 17.7 Å². The summed E-state index contributed by atoms with van der Waals surface area (Å²) in [5.74, 6) is -1.11. The molecule has 1 aromatic carbocycles. The van der Waals surface area contributed by atoms with E-state index in [1.165, 1.54) is 12.3 Å². The average Bonchev–Trinajstić information content (AvgIpc) is 2.68. The van der Waals surface area contributed by atoms with E-state index in [0.717, 1.165) is 0 Å². The number of esters is 2. The molecule has 0 saturated carbocycles. The van der Waals surface area contributed by atoms with Gasteiger partial charge in [0.15, 0.2) is 5.69 Å². The van der Waals surface area contributed by atoms with Crippen molar-refractivity contribution in [2.45, 2.75) is 39.0 Å². The smallest absolute Gasteiger partial charge is 0.363 e. The maximum atomic E-state index is 12.4. The molecule has 0 amide bonds. The molecule has 1 aliphatic rings. The van der Waals surface area contributed by atoms with Gasteiger partial charge in [-0.15, -0.1) is 0 Å². The summed E-state index contributed by atoms with van der Waals surface area (Å²) in [6.45, 7) is 6.30. The summed E-state index contributed by atoms with van der Waals surface area (Å²) in [4.78, 5) is 28.6. The lowest BCUT2D eigenvalue weighted by atomic mass is 10.0. The lowest BCUT2D eigenvalue weighted by molar-refractivity contribution is 0.0471. The molecule has 7 heteroatoms. The highest BCUT2D eigenvalue weighted by atomic mass is 16.5. The Balaban J connectivity index is 1.87. The Bertz CT molecular complexity index is 873. The van der Waals surface area contributed by atoms with Gasteiger partial charge < -0.3 is 19.9 Å². The van der Waals surface area contributed by atoms with E-state index in [9.17, 15) is 14.7 Å². The summed E-state index contributed by atoms with van der Waals surface area (Å²) in [5.41, 5.74) is 0.967. The Labute approximate surface area is 157 Å². The lowest BCUT2D eigenvalue weighted by Gasteiger charge is -2.23. The van der Waals surface area contributed by atoms with E-state index in [2.05, 4.69) is 10.3 Å². The number of rotatable bonds is 3. The molecule has 0 fully saturated rings. The molecule has 7 nitrogen and oxygen atoms in total. The van der Waals surface area contributed by atoms with Crippen molar-refractivity contribution in [3.63, 3.8) is 0 Å². The van der Waals surface area contributed by atoms with Crippen LogP contribution in [0.2, 0.25) is 0 Å². The molecule has 0 saturated heterocycles. The van der Waals surface area contributed by atoms with Crippen molar-refractivity contribution >= 4 is 11.9 Å². The maximum Gasteiger partial charge on any atom is 0.363 e. The molecule has 0 aliphatic carbocycles. The zero-order chi connectivity index (χ0) is 19.6.